The summed E-state index contributed by atoms with van der Waals surface area (Å²) in [5.74, 6) is -0.116. The zero-order valence-corrected chi connectivity index (χ0v) is 13.7. The van der Waals surface area contributed by atoms with Crippen LogP contribution in [-0.2, 0) is 19.0 Å². The molecule has 0 bridgehead atoms. The molecule has 1 spiro atoms. The number of ether oxygens (including phenoxy) is 3. The van der Waals surface area contributed by atoms with Crippen molar-refractivity contribution >= 4 is 17.7 Å². The lowest BCUT2D eigenvalue weighted by Crippen LogP contribution is -2.36. The summed E-state index contributed by atoms with van der Waals surface area (Å²) in [5.41, 5.74) is 0. The van der Waals surface area contributed by atoms with E-state index in [4.69, 9.17) is 14.2 Å². The fraction of sp³-hybridized carbons (Fsp3) is 0.938. The smallest absolute Gasteiger partial charge is 0.308 e. The van der Waals surface area contributed by atoms with Crippen LogP contribution in [0.4, 0.5) is 0 Å². The van der Waals surface area contributed by atoms with Gasteiger partial charge in [0.15, 0.2) is 5.79 Å². The highest BCUT2D eigenvalue weighted by molar-refractivity contribution is 8.00. The van der Waals surface area contributed by atoms with E-state index in [0.717, 1.165) is 62.2 Å². The van der Waals surface area contributed by atoms with Crippen molar-refractivity contribution in [1.82, 2.24) is 0 Å². The molecule has 0 atom stereocenters. The van der Waals surface area contributed by atoms with Crippen molar-refractivity contribution in [3.8, 4) is 0 Å². The van der Waals surface area contributed by atoms with E-state index in [1.165, 1.54) is 20.0 Å². The third-order valence-electron chi connectivity index (χ3n) is 5.10. The molecule has 2 saturated carbocycles. The van der Waals surface area contributed by atoms with Gasteiger partial charge >= 0.3 is 5.97 Å². The summed E-state index contributed by atoms with van der Waals surface area (Å²) in [5, 5.41) is 1.46. The fourth-order valence-electron chi connectivity index (χ4n) is 3.83. The highest BCUT2D eigenvalue weighted by atomic mass is 32.2. The molecular weight excluding hydrogens is 288 g/mol. The van der Waals surface area contributed by atoms with Crippen LogP contribution in [0.5, 0.6) is 0 Å². The molecule has 1 saturated heterocycles. The van der Waals surface area contributed by atoms with Crippen LogP contribution in [0.3, 0.4) is 0 Å². The molecule has 21 heavy (non-hydrogen) atoms. The summed E-state index contributed by atoms with van der Waals surface area (Å²) >= 11 is 2.14. The summed E-state index contributed by atoms with van der Waals surface area (Å²) in [6, 6.07) is 0. The van der Waals surface area contributed by atoms with Crippen molar-refractivity contribution in [3.63, 3.8) is 0 Å². The number of esters is 1. The standard InChI is InChI=1S/C16H26O4S/c1-18-15(17)12-2-4-13(5-3-12)21-14-6-8-16(9-7-14)19-10-11-20-16/h12-14H,2-11H2,1H3. The molecule has 0 radical (unpaired) electrons. The van der Waals surface area contributed by atoms with Crippen molar-refractivity contribution in [3.05, 3.63) is 0 Å². The van der Waals surface area contributed by atoms with Crippen LogP contribution in [0.15, 0.2) is 0 Å². The van der Waals surface area contributed by atoms with Gasteiger partial charge in [0.2, 0.25) is 0 Å². The van der Waals surface area contributed by atoms with E-state index in [2.05, 4.69) is 11.8 Å². The maximum Gasteiger partial charge on any atom is 0.308 e. The fourth-order valence-corrected chi connectivity index (χ4v) is 5.42. The number of methoxy groups -OCH3 is 1. The van der Waals surface area contributed by atoms with Gasteiger partial charge in [-0.1, -0.05) is 0 Å². The molecular formula is C16H26O4S. The third-order valence-corrected chi connectivity index (χ3v) is 6.81. The van der Waals surface area contributed by atoms with E-state index in [0.29, 0.717) is 0 Å². The number of rotatable bonds is 3. The van der Waals surface area contributed by atoms with E-state index in [9.17, 15) is 4.79 Å². The molecule has 0 aromatic heterocycles. The Morgan fingerprint density at radius 2 is 1.57 bits per heavy atom. The van der Waals surface area contributed by atoms with Gasteiger partial charge in [0.25, 0.3) is 0 Å². The molecule has 120 valence electrons. The number of hydrogen-bond acceptors (Lipinski definition) is 5. The Kier molecular flexibility index (Phi) is 5.12. The van der Waals surface area contributed by atoms with Gasteiger partial charge in [0, 0.05) is 23.3 Å². The second-order valence-electron chi connectivity index (χ2n) is 6.44. The van der Waals surface area contributed by atoms with E-state index < -0.39 is 0 Å². The average Bonchev–Trinajstić information content (AvgIpc) is 2.98. The van der Waals surface area contributed by atoms with Gasteiger partial charge in [0.05, 0.1) is 26.2 Å². The maximum atomic E-state index is 11.6. The molecule has 1 aliphatic heterocycles. The summed E-state index contributed by atoms with van der Waals surface area (Å²) in [7, 11) is 1.49. The van der Waals surface area contributed by atoms with Gasteiger partial charge in [0.1, 0.15) is 0 Å². The number of hydrogen-bond donors (Lipinski definition) is 0. The van der Waals surface area contributed by atoms with Crippen LogP contribution in [0.1, 0.15) is 51.4 Å². The van der Waals surface area contributed by atoms with E-state index in [1.54, 1.807) is 0 Å². The summed E-state index contributed by atoms with van der Waals surface area (Å²) in [6.45, 7) is 1.52. The Labute approximate surface area is 131 Å². The third kappa shape index (κ3) is 3.74. The monoisotopic (exact) mass is 314 g/mol. The SMILES string of the molecule is COC(=O)C1CCC(SC2CCC3(CC2)OCCO3)CC1. The molecule has 2 aliphatic carbocycles. The Bertz CT molecular complexity index is 349. The van der Waals surface area contributed by atoms with Crippen molar-refractivity contribution < 1.29 is 19.0 Å². The van der Waals surface area contributed by atoms with Crippen LogP contribution >= 0.6 is 11.8 Å². The van der Waals surface area contributed by atoms with Gasteiger partial charge in [-0.2, -0.15) is 11.8 Å². The molecule has 5 heteroatoms. The first-order valence-electron chi connectivity index (χ1n) is 8.22. The van der Waals surface area contributed by atoms with Gasteiger partial charge in [-0.05, 0) is 38.5 Å². The molecule has 0 aromatic carbocycles. The van der Waals surface area contributed by atoms with Crippen molar-refractivity contribution in [2.45, 2.75) is 67.7 Å². The quantitative estimate of drug-likeness (QED) is 0.749. The van der Waals surface area contributed by atoms with Crippen LogP contribution in [0, 0.1) is 5.92 Å². The minimum atomic E-state index is -0.237. The van der Waals surface area contributed by atoms with Gasteiger partial charge in [-0.15, -0.1) is 0 Å². The molecule has 0 unspecified atom stereocenters. The predicted octanol–water partition coefficient (Wildman–Crippen LogP) is 3.14. The second kappa shape index (κ2) is 6.88. The molecule has 1 heterocycles. The van der Waals surface area contributed by atoms with Gasteiger partial charge < -0.3 is 14.2 Å². The van der Waals surface area contributed by atoms with Crippen LogP contribution in [0.2, 0.25) is 0 Å². The molecule has 0 aromatic rings. The van der Waals surface area contributed by atoms with E-state index in [-0.39, 0.29) is 17.7 Å². The number of thioether (sulfide) groups is 1. The molecule has 3 rings (SSSR count). The van der Waals surface area contributed by atoms with Crippen molar-refractivity contribution in [2.75, 3.05) is 20.3 Å². The zero-order chi connectivity index (χ0) is 14.7. The van der Waals surface area contributed by atoms with Gasteiger partial charge in [-0.25, -0.2) is 0 Å². The second-order valence-corrected chi connectivity index (χ2v) is 8.05. The Morgan fingerprint density at radius 3 is 2.14 bits per heavy atom. The highest BCUT2D eigenvalue weighted by Gasteiger charge is 2.41. The zero-order valence-electron chi connectivity index (χ0n) is 12.8. The minimum absolute atomic E-state index is 0.0198. The summed E-state index contributed by atoms with van der Waals surface area (Å²) < 4.78 is 16.4. The first-order chi connectivity index (χ1) is 10.2. The first kappa shape index (κ1) is 15.6. The summed E-state index contributed by atoms with van der Waals surface area (Å²) in [4.78, 5) is 11.6. The molecule has 4 nitrogen and oxygen atoms in total. The summed E-state index contributed by atoms with van der Waals surface area (Å²) in [6.07, 6.45) is 8.77. The van der Waals surface area contributed by atoms with E-state index >= 15 is 0 Å². The Balaban J connectivity index is 1.39. The Hall–Kier alpha value is -0.260. The molecule has 3 fully saturated rings. The molecule has 0 N–H and O–H groups in total. The van der Waals surface area contributed by atoms with Crippen LogP contribution in [0.25, 0.3) is 0 Å². The largest absolute Gasteiger partial charge is 0.469 e. The Morgan fingerprint density at radius 1 is 1.00 bits per heavy atom. The van der Waals surface area contributed by atoms with Crippen LogP contribution in [-0.4, -0.2) is 42.6 Å². The van der Waals surface area contributed by atoms with Crippen molar-refractivity contribution in [1.29, 1.82) is 0 Å². The topological polar surface area (TPSA) is 44.8 Å². The minimum Gasteiger partial charge on any atom is -0.469 e. The average molecular weight is 314 g/mol. The normalized spacial score (nSPS) is 33.2. The lowest BCUT2D eigenvalue weighted by atomic mass is 9.89. The lowest BCUT2D eigenvalue weighted by Gasteiger charge is -2.37. The maximum absolute atomic E-state index is 11.6. The number of carbonyl (C=O) groups is 1. The highest BCUT2D eigenvalue weighted by Crippen LogP contribution is 2.43. The number of carbonyl (C=O) groups excluding carboxylic acids is 1. The predicted molar refractivity (Wildman–Crippen MR) is 82.2 cm³/mol. The van der Waals surface area contributed by atoms with Crippen molar-refractivity contribution in [2.24, 2.45) is 5.92 Å². The molecule has 0 amide bonds. The molecule has 3 aliphatic rings. The van der Waals surface area contributed by atoms with Crippen LogP contribution < -0.4 is 0 Å². The van der Waals surface area contributed by atoms with E-state index in [1.807, 2.05) is 0 Å². The first-order valence-corrected chi connectivity index (χ1v) is 9.16. The van der Waals surface area contributed by atoms with Gasteiger partial charge in [-0.3, -0.25) is 4.79 Å². The lowest BCUT2D eigenvalue weighted by molar-refractivity contribution is -0.175.